The van der Waals surface area contributed by atoms with Crippen molar-refractivity contribution < 1.29 is 0 Å². The van der Waals surface area contributed by atoms with Crippen LogP contribution in [0.4, 0.5) is 5.95 Å². The lowest BCUT2D eigenvalue weighted by Gasteiger charge is -2.02. The number of halogens is 1. The van der Waals surface area contributed by atoms with Gasteiger partial charge in [-0.05, 0) is 59.2 Å². The Balaban J connectivity index is 2.02. The monoisotopic (exact) mass is 325 g/mol. The second kappa shape index (κ2) is 5.25. The molecule has 3 nitrogen and oxygen atoms in total. The van der Waals surface area contributed by atoms with Crippen molar-refractivity contribution in [2.45, 2.75) is 12.8 Å². The smallest absolute Gasteiger partial charge is 0.220 e. The van der Waals surface area contributed by atoms with Crippen molar-refractivity contribution >= 4 is 28.5 Å². The van der Waals surface area contributed by atoms with Crippen LogP contribution in [0.3, 0.4) is 0 Å². The van der Waals surface area contributed by atoms with Gasteiger partial charge in [-0.15, -0.1) is 0 Å². The largest absolute Gasteiger partial charge is 0.368 e. The van der Waals surface area contributed by atoms with Crippen molar-refractivity contribution in [2.75, 3.05) is 5.73 Å². The van der Waals surface area contributed by atoms with Crippen LogP contribution in [0.15, 0.2) is 36.5 Å². The molecule has 82 valence electrons. The van der Waals surface area contributed by atoms with Crippen molar-refractivity contribution in [2.24, 2.45) is 0 Å². The molecule has 0 radical (unpaired) electrons. The Bertz CT molecular complexity index is 440. The van der Waals surface area contributed by atoms with Crippen LogP contribution in [-0.4, -0.2) is 9.97 Å². The van der Waals surface area contributed by atoms with Gasteiger partial charge in [0.1, 0.15) is 0 Å². The van der Waals surface area contributed by atoms with Crippen LogP contribution in [0, 0.1) is 3.57 Å². The predicted molar refractivity (Wildman–Crippen MR) is 73.0 cm³/mol. The summed E-state index contributed by atoms with van der Waals surface area (Å²) in [4.78, 5) is 8.05. The lowest BCUT2D eigenvalue weighted by atomic mass is 10.1. The van der Waals surface area contributed by atoms with E-state index in [1.165, 1.54) is 9.13 Å². The molecule has 0 saturated carbocycles. The number of nitrogens with two attached hydrogens (primary N) is 1. The van der Waals surface area contributed by atoms with Crippen molar-refractivity contribution in [1.82, 2.24) is 9.97 Å². The van der Waals surface area contributed by atoms with E-state index in [0.29, 0.717) is 5.95 Å². The van der Waals surface area contributed by atoms with Gasteiger partial charge < -0.3 is 5.73 Å². The minimum Gasteiger partial charge on any atom is -0.368 e. The third-order valence-electron chi connectivity index (χ3n) is 2.29. The highest BCUT2D eigenvalue weighted by molar-refractivity contribution is 14.1. The number of benzene rings is 1. The number of rotatable bonds is 3. The number of anilines is 1. The maximum atomic E-state index is 5.53. The number of aromatic nitrogens is 2. The van der Waals surface area contributed by atoms with Crippen LogP contribution in [-0.2, 0) is 12.8 Å². The first kappa shape index (κ1) is 11.3. The molecule has 0 aliphatic carbocycles. The molecule has 2 N–H and O–H groups in total. The summed E-state index contributed by atoms with van der Waals surface area (Å²) in [5, 5.41) is 0. The Labute approximate surface area is 108 Å². The summed E-state index contributed by atoms with van der Waals surface area (Å²) in [5.74, 6) is 0.347. The average Bonchev–Trinajstić information content (AvgIpc) is 2.27. The highest BCUT2D eigenvalue weighted by atomic mass is 127. The minimum absolute atomic E-state index is 0.347. The number of nitrogen functional groups attached to an aromatic ring is 1. The summed E-state index contributed by atoms with van der Waals surface area (Å²) in [5.41, 5.74) is 7.84. The Morgan fingerprint density at radius 2 is 2.06 bits per heavy atom. The molecule has 1 aromatic heterocycles. The van der Waals surface area contributed by atoms with E-state index in [2.05, 4.69) is 56.8 Å². The Morgan fingerprint density at radius 3 is 2.81 bits per heavy atom. The van der Waals surface area contributed by atoms with Gasteiger partial charge in [-0.25, -0.2) is 9.97 Å². The second-order valence-electron chi connectivity index (χ2n) is 3.54. The average molecular weight is 325 g/mol. The standard InChI is InChI=1S/C12H12IN3/c13-10-3-1-2-9(8-10)4-5-11-6-7-15-12(14)16-11/h1-3,6-8H,4-5H2,(H2,14,15,16). The van der Waals surface area contributed by atoms with Crippen LogP contribution < -0.4 is 5.73 Å². The van der Waals surface area contributed by atoms with Crippen molar-refractivity contribution in [3.05, 3.63) is 51.4 Å². The lowest BCUT2D eigenvalue weighted by molar-refractivity contribution is 0.904. The van der Waals surface area contributed by atoms with E-state index in [4.69, 9.17) is 5.73 Å². The Morgan fingerprint density at radius 1 is 1.19 bits per heavy atom. The van der Waals surface area contributed by atoms with Crippen LogP contribution >= 0.6 is 22.6 Å². The normalized spacial score (nSPS) is 10.3. The SMILES string of the molecule is Nc1nccc(CCc2cccc(I)c2)n1. The van der Waals surface area contributed by atoms with Gasteiger partial charge in [0.25, 0.3) is 0 Å². The first-order valence-electron chi connectivity index (χ1n) is 5.06. The fraction of sp³-hybridized carbons (Fsp3) is 0.167. The molecule has 0 fully saturated rings. The molecule has 1 aromatic carbocycles. The van der Waals surface area contributed by atoms with E-state index in [0.717, 1.165) is 18.5 Å². The van der Waals surface area contributed by atoms with E-state index in [1.54, 1.807) is 6.20 Å². The first-order valence-corrected chi connectivity index (χ1v) is 6.14. The van der Waals surface area contributed by atoms with Gasteiger partial charge in [-0.3, -0.25) is 0 Å². The number of hydrogen-bond donors (Lipinski definition) is 1. The fourth-order valence-corrected chi connectivity index (χ4v) is 2.12. The summed E-state index contributed by atoms with van der Waals surface area (Å²) in [6.07, 6.45) is 3.58. The maximum absolute atomic E-state index is 5.53. The number of hydrogen-bond acceptors (Lipinski definition) is 3. The molecule has 0 atom stereocenters. The molecule has 0 aliphatic heterocycles. The van der Waals surface area contributed by atoms with Crippen molar-refractivity contribution in [3.63, 3.8) is 0 Å². The molecule has 2 rings (SSSR count). The zero-order valence-electron chi connectivity index (χ0n) is 8.73. The summed E-state index contributed by atoms with van der Waals surface area (Å²) in [6.45, 7) is 0. The van der Waals surface area contributed by atoms with Crippen LogP contribution in [0.25, 0.3) is 0 Å². The fourth-order valence-electron chi connectivity index (χ4n) is 1.52. The van der Waals surface area contributed by atoms with Gasteiger partial charge in [0.2, 0.25) is 5.95 Å². The number of aryl methyl sites for hydroxylation is 2. The van der Waals surface area contributed by atoms with Crippen molar-refractivity contribution in [1.29, 1.82) is 0 Å². The predicted octanol–water partition coefficient (Wildman–Crippen LogP) is 2.45. The van der Waals surface area contributed by atoms with E-state index in [-0.39, 0.29) is 0 Å². The second-order valence-corrected chi connectivity index (χ2v) is 4.78. The third kappa shape index (κ3) is 3.16. The topological polar surface area (TPSA) is 51.8 Å². The van der Waals surface area contributed by atoms with E-state index in [1.807, 2.05) is 6.07 Å². The van der Waals surface area contributed by atoms with Crippen molar-refractivity contribution in [3.8, 4) is 0 Å². The zero-order valence-corrected chi connectivity index (χ0v) is 10.9. The molecule has 0 bridgehead atoms. The molecular formula is C12H12IN3. The van der Waals surface area contributed by atoms with E-state index < -0.39 is 0 Å². The van der Waals surface area contributed by atoms with Crippen LogP contribution in [0.1, 0.15) is 11.3 Å². The summed E-state index contributed by atoms with van der Waals surface area (Å²) < 4.78 is 1.26. The van der Waals surface area contributed by atoms with Crippen LogP contribution in [0.2, 0.25) is 0 Å². The quantitative estimate of drug-likeness (QED) is 0.882. The maximum Gasteiger partial charge on any atom is 0.220 e. The number of nitrogens with zero attached hydrogens (tertiary/aromatic N) is 2. The van der Waals surface area contributed by atoms with Gasteiger partial charge in [0.15, 0.2) is 0 Å². The van der Waals surface area contributed by atoms with Gasteiger partial charge >= 0.3 is 0 Å². The molecule has 0 saturated heterocycles. The van der Waals surface area contributed by atoms with Crippen LogP contribution in [0.5, 0.6) is 0 Å². The molecule has 0 aliphatic rings. The molecule has 0 amide bonds. The van der Waals surface area contributed by atoms with Gasteiger partial charge in [0, 0.05) is 15.5 Å². The molecule has 4 heteroatoms. The third-order valence-corrected chi connectivity index (χ3v) is 2.96. The van der Waals surface area contributed by atoms with E-state index in [9.17, 15) is 0 Å². The Kier molecular flexibility index (Phi) is 3.71. The molecule has 0 spiro atoms. The lowest BCUT2D eigenvalue weighted by Crippen LogP contribution is -2.00. The highest BCUT2D eigenvalue weighted by Gasteiger charge is 1.98. The molecule has 2 aromatic rings. The summed E-state index contributed by atoms with van der Waals surface area (Å²) in [6, 6.07) is 10.4. The van der Waals surface area contributed by atoms with Gasteiger partial charge in [-0.1, -0.05) is 12.1 Å². The van der Waals surface area contributed by atoms with E-state index >= 15 is 0 Å². The molecule has 0 unspecified atom stereocenters. The Hall–Kier alpha value is -1.17. The minimum atomic E-state index is 0.347. The van der Waals surface area contributed by atoms with Gasteiger partial charge in [0.05, 0.1) is 0 Å². The first-order chi connectivity index (χ1) is 7.74. The molecular weight excluding hydrogens is 313 g/mol. The summed E-state index contributed by atoms with van der Waals surface area (Å²) >= 11 is 2.32. The molecule has 16 heavy (non-hydrogen) atoms. The highest BCUT2D eigenvalue weighted by Crippen LogP contribution is 2.10. The zero-order chi connectivity index (χ0) is 11.4. The summed E-state index contributed by atoms with van der Waals surface area (Å²) in [7, 11) is 0. The van der Waals surface area contributed by atoms with Gasteiger partial charge in [-0.2, -0.15) is 0 Å². The molecule has 1 heterocycles.